The molecule has 62 valence electrons. The van der Waals surface area contributed by atoms with Gasteiger partial charge < -0.3 is 4.89 Å². The molecule has 1 heterocycles. The Bertz CT molecular complexity index is 337. The maximum Gasteiger partial charge on any atom is 0.308 e. The topological polar surface area (TPSA) is 83.8 Å². The summed E-state index contributed by atoms with van der Waals surface area (Å²) >= 11 is 0.758. The van der Waals surface area contributed by atoms with Gasteiger partial charge in [-0.25, -0.2) is 5.26 Å². The van der Waals surface area contributed by atoms with E-state index in [0.29, 0.717) is 0 Å². The van der Waals surface area contributed by atoms with Crippen molar-refractivity contribution in [3.8, 4) is 5.75 Å². The van der Waals surface area contributed by atoms with Gasteiger partial charge >= 0.3 is 10.1 Å². The minimum Gasteiger partial charge on any atom is -0.338 e. The molecule has 1 aromatic rings. The second kappa shape index (κ2) is 2.78. The quantitative estimate of drug-likeness (QED) is 0.416. The van der Waals surface area contributed by atoms with E-state index in [9.17, 15) is 8.42 Å². The number of hydrogen-bond donors (Lipinski definition) is 2. The molecule has 0 unspecified atom stereocenters. The molecule has 0 saturated carbocycles. The van der Waals surface area contributed by atoms with Crippen molar-refractivity contribution in [1.29, 1.82) is 0 Å². The van der Waals surface area contributed by atoms with E-state index >= 15 is 0 Å². The summed E-state index contributed by atoms with van der Waals surface area (Å²) in [4.78, 5) is 3.68. The van der Waals surface area contributed by atoms with Crippen molar-refractivity contribution >= 4 is 21.5 Å². The van der Waals surface area contributed by atoms with Gasteiger partial charge in [0.2, 0.25) is 0 Å². The van der Waals surface area contributed by atoms with Crippen LogP contribution in [0.5, 0.6) is 5.75 Å². The van der Waals surface area contributed by atoms with Gasteiger partial charge in [0, 0.05) is 0 Å². The molecule has 0 amide bonds. The molecule has 7 heteroatoms. The SMILES string of the molecule is O=S(=O)(O)c1sccc1OO. The highest BCUT2D eigenvalue weighted by Crippen LogP contribution is 2.28. The molecule has 1 aromatic heterocycles. The summed E-state index contributed by atoms with van der Waals surface area (Å²) in [6, 6.07) is 1.23. The zero-order chi connectivity index (χ0) is 8.48. The summed E-state index contributed by atoms with van der Waals surface area (Å²) in [6.45, 7) is 0. The van der Waals surface area contributed by atoms with Gasteiger partial charge in [-0.05, 0) is 11.4 Å². The van der Waals surface area contributed by atoms with Crippen LogP contribution in [0.4, 0.5) is 0 Å². The highest BCUT2D eigenvalue weighted by Gasteiger charge is 2.18. The van der Waals surface area contributed by atoms with Gasteiger partial charge in [-0.2, -0.15) is 8.42 Å². The lowest BCUT2D eigenvalue weighted by atomic mass is 10.6. The number of thiophene rings is 1. The normalized spacial score (nSPS) is 11.5. The monoisotopic (exact) mass is 196 g/mol. The third kappa shape index (κ3) is 1.69. The highest BCUT2D eigenvalue weighted by molar-refractivity contribution is 7.88. The van der Waals surface area contributed by atoms with E-state index < -0.39 is 14.3 Å². The average Bonchev–Trinajstić information content (AvgIpc) is 2.31. The van der Waals surface area contributed by atoms with Crippen LogP contribution in [0.25, 0.3) is 0 Å². The second-order valence-corrected chi connectivity index (χ2v) is 4.17. The largest absolute Gasteiger partial charge is 0.338 e. The summed E-state index contributed by atoms with van der Waals surface area (Å²) in [6.07, 6.45) is 0. The van der Waals surface area contributed by atoms with Crippen molar-refractivity contribution in [1.82, 2.24) is 0 Å². The first kappa shape index (κ1) is 8.47. The Morgan fingerprint density at radius 3 is 2.55 bits per heavy atom. The predicted molar refractivity (Wildman–Crippen MR) is 37.4 cm³/mol. The molecule has 11 heavy (non-hydrogen) atoms. The van der Waals surface area contributed by atoms with Crippen LogP contribution in [0.3, 0.4) is 0 Å². The first-order valence-corrected chi connectivity index (χ1v) is 4.74. The molecule has 1 rings (SSSR count). The van der Waals surface area contributed by atoms with Crippen LogP contribution < -0.4 is 4.89 Å². The zero-order valence-corrected chi connectivity index (χ0v) is 6.72. The first-order chi connectivity index (χ1) is 5.05. The summed E-state index contributed by atoms with van der Waals surface area (Å²) in [5.74, 6) is -0.266. The van der Waals surface area contributed by atoms with Crippen molar-refractivity contribution in [2.45, 2.75) is 4.21 Å². The second-order valence-electron chi connectivity index (χ2n) is 1.64. The van der Waals surface area contributed by atoms with E-state index in [1.807, 2.05) is 0 Å². The van der Waals surface area contributed by atoms with E-state index in [1.54, 1.807) is 0 Å². The third-order valence-electron chi connectivity index (χ3n) is 0.928. The number of hydrogen-bond acceptors (Lipinski definition) is 5. The first-order valence-electron chi connectivity index (χ1n) is 2.42. The van der Waals surface area contributed by atoms with Crippen molar-refractivity contribution < 1.29 is 23.1 Å². The minimum absolute atomic E-state index is 0.266. The molecular formula is C4H4O5S2. The van der Waals surface area contributed by atoms with Gasteiger partial charge in [-0.15, -0.1) is 11.3 Å². The molecule has 0 aromatic carbocycles. The summed E-state index contributed by atoms with van der Waals surface area (Å²) in [7, 11) is -4.27. The maximum atomic E-state index is 10.4. The van der Waals surface area contributed by atoms with E-state index in [-0.39, 0.29) is 5.75 Å². The Hall–Kier alpha value is -0.630. The lowest BCUT2D eigenvalue weighted by molar-refractivity contribution is -0.139. The molecule has 0 saturated heterocycles. The Morgan fingerprint density at radius 1 is 1.55 bits per heavy atom. The standard InChI is InChI=1S/C4H4O5S2/c5-9-3-1-2-10-4(3)11(6,7)8/h1-2,5H,(H,6,7,8). The highest BCUT2D eigenvalue weighted by atomic mass is 32.3. The third-order valence-corrected chi connectivity index (χ3v) is 3.21. The van der Waals surface area contributed by atoms with Crippen LogP contribution in [-0.4, -0.2) is 18.2 Å². The van der Waals surface area contributed by atoms with Gasteiger partial charge in [-0.3, -0.25) is 4.55 Å². The number of rotatable bonds is 2. The van der Waals surface area contributed by atoms with Crippen molar-refractivity contribution in [3.63, 3.8) is 0 Å². The van der Waals surface area contributed by atoms with Crippen LogP contribution >= 0.6 is 11.3 Å². The molecule has 2 N–H and O–H groups in total. The van der Waals surface area contributed by atoms with Crippen LogP contribution in [0.15, 0.2) is 15.7 Å². The lowest BCUT2D eigenvalue weighted by Crippen LogP contribution is -1.97. The molecule has 0 atom stereocenters. The van der Waals surface area contributed by atoms with Crippen LogP contribution in [0.2, 0.25) is 0 Å². The molecule has 0 radical (unpaired) electrons. The molecule has 0 aliphatic heterocycles. The van der Waals surface area contributed by atoms with Crippen molar-refractivity contribution in [2.24, 2.45) is 0 Å². The zero-order valence-electron chi connectivity index (χ0n) is 5.09. The van der Waals surface area contributed by atoms with Crippen molar-refractivity contribution in [2.75, 3.05) is 0 Å². The molecule has 0 aliphatic carbocycles. The Morgan fingerprint density at radius 2 is 2.18 bits per heavy atom. The molecule has 5 nitrogen and oxygen atoms in total. The minimum atomic E-state index is -4.27. The van der Waals surface area contributed by atoms with Gasteiger partial charge in [-0.1, -0.05) is 0 Å². The van der Waals surface area contributed by atoms with Gasteiger partial charge in [0.25, 0.3) is 0 Å². The fraction of sp³-hybridized carbons (Fsp3) is 0. The maximum absolute atomic E-state index is 10.4. The Labute approximate surface area is 66.5 Å². The van der Waals surface area contributed by atoms with Gasteiger partial charge in [0.05, 0.1) is 0 Å². The van der Waals surface area contributed by atoms with E-state index in [1.165, 1.54) is 11.4 Å². The van der Waals surface area contributed by atoms with Crippen LogP contribution in [0.1, 0.15) is 0 Å². The smallest absolute Gasteiger partial charge is 0.308 e. The lowest BCUT2D eigenvalue weighted by Gasteiger charge is -1.94. The van der Waals surface area contributed by atoms with Crippen molar-refractivity contribution in [3.05, 3.63) is 11.4 Å². The fourth-order valence-corrected chi connectivity index (χ4v) is 2.09. The van der Waals surface area contributed by atoms with Gasteiger partial charge in [0.1, 0.15) is 0 Å². The summed E-state index contributed by atoms with van der Waals surface area (Å²) in [5, 5.41) is 9.47. The van der Waals surface area contributed by atoms with E-state index in [0.717, 1.165) is 11.3 Å². The molecule has 0 bridgehead atoms. The molecule has 0 aliphatic rings. The van der Waals surface area contributed by atoms with E-state index in [2.05, 4.69) is 4.89 Å². The summed E-state index contributed by atoms with van der Waals surface area (Å²) in [5.41, 5.74) is 0. The average molecular weight is 196 g/mol. The molecular weight excluding hydrogens is 192 g/mol. The Kier molecular flexibility index (Phi) is 2.14. The molecule has 0 spiro atoms. The predicted octanol–water partition coefficient (Wildman–Crippen LogP) is 0.847. The van der Waals surface area contributed by atoms with Crippen LogP contribution in [0, 0.1) is 0 Å². The Balaban J connectivity index is 3.24. The van der Waals surface area contributed by atoms with E-state index in [4.69, 9.17) is 9.81 Å². The molecule has 0 fully saturated rings. The fourth-order valence-electron chi connectivity index (χ4n) is 0.539. The summed E-state index contributed by atoms with van der Waals surface area (Å²) < 4.78 is 29.0. The van der Waals surface area contributed by atoms with Crippen LogP contribution in [-0.2, 0) is 10.1 Å². The van der Waals surface area contributed by atoms with Gasteiger partial charge in [0.15, 0.2) is 9.96 Å².